The van der Waals surface area contributed by atoms with Crippen molar-refractivity contribution in [1.29, 1.82) is 0 Å². The number of rotatable bonds is 3. The molecule has 7 nitrogen and oxygen atoms in total. The first kappa shape index (κ1) is 16.8. The van der Waals surface area contributed by atoms with Crippen LogP contribution in [0.3, 0.4) is 0 Å². The lowest BCUT2D eigenvalue weighted by Gasteiger charge is -2.40. The highest BCUT2D eigenvalue weighted by atomic mass is 16.6. The zero-order valence-electron chi connectivity index (χ0n) is 14.2. The van der Waals surface area contributed by atoms with Gasteiger partial charge < -0.3 is 14.4 Å². The lowest BCUT2D eigenvalue weighted by molar-refractivity contribution is -0.177. The minimum Gasteiger partial charge on any atom is -0.459 e. The minimum absolute atomic E-state index is 0.0927. The second-order valence-electron chi connectivity index (χ2n) is 7.03. The summed E-state index contributed by atoms with van der Waals surface area (Å²) < 4.78 is 10.6. The van der Waals surface area contributed by atoms with Crippen molar-refractivity contribution in [2.45, 2.75) is 56.4 Å². The fraction of sp³-hybridized carbons (Fsp3) is 0.474. The van der Waals surface area contributed by atoms with E-state index in [2.05, 4.69) is 0 Å². The van der Waals surface area contributed by atoms with Gasteiger partial charge in [-0.15, -0.1) is 0 Å². The molecular formula is C19H19NO6. The van der Waals surface area contributed by atoms with E-state index in [0.717, 1.165) is 5.56 Å². The van der Waals surface area contributed by atoms with Crippen LogP contribution in [0.15, 0.2) is 30.3 Å². The Bertz CT molecular complexity index is 775. The molecule has 3 saturated heterocycles. The second-order valence-corrected chi connectivity index (χ2v) is 7.03. The van der Waals surface area contributed by atoms with Gasteiger partial charge in [0.25, 0.3) is 5.91 Å². The second kappa shape index (κ2) is 6.23. The number of benzene rings is 1. The summed E-state index contributed by atoms with van der Waals surface area (Å²) in [6, 6.07) is 7.81. The number of esters is 2. The van der Waals surface area contributed by atoms with Gasteiger partial charge in [-0.1, -0.05) is 30.3 Å². The fourth-order valence-corrected chi connectivity index (χ4v) is 4.08. The van der Waals surface area contributed by atoms with E-state index in [1.807, 2.05) is 30.3 Å². The van der Waals surface area contributed by atoms with Gasteiger partial charge >= 0.3 is 11.9 Å². The maximum absolute atomic E-state index is 13.0. The molecule has 3 fully saturated rings. The Hall–Kier alpha value is -2.70. The molecule has 7 heteroatoms. The lowest BCUT2D eigenvalue weighted by atomic mass is 9.85. The number of hydrogen-bond acceptors (Lipinski definition) is 6. The third-order valence-electron chi connectivity index (χ3n) is 5.38. The van der Waals surface area contributed by atoms with Crippen molar-refractivity contribution in [2.75, 3.05) is 0 Å². The zero-order valence-corrected chi connectivity index (χ0v) is 14.2. The van der Waals surface area contributed by atoms with E-state index < -0.39 is 35.5 Å². The summed E-state index contributed by atoms with van der Waals surface area (Å²) in [5, 5.41) is 0. The maximum Gasteiger partial charge on any atom is 0.329 e. The molecule has 1 unspecified atom stereocenters. The van der Waals surface area contributed by atoms with Gasteiger partial charge in [0, 0.05) is 12.8 Å². The molecule has 26 heavy (non-hydrogen) atoms. The number of nitrogens with zero attached hydrogens (tertiary/aromatic N) is 1. The molecule has 3 atom stereocenters. The van der Waals surface area contributed by atoms with Crippen LogP contribution in [0.5, 0.6) is 0 Å². The Balaban J connectivity index is 1.51. The molecule has 0 aromatic heterocycles. The highest BCUT2D eigenvalue weighted by Gasteiger charge is 2.60. The number of hydrogen-bond donors (Lipinski definition) is 0. The molecule has 3 aliphatic rings. The molecule has 1 aromatic rings. The Morgan fingerprint density at radius 1 is 1.19 bits per heavy atom. The molecule has 136 valence electrons. The summed E-state index contributed by atoms with van der Waals surface area (Å²) in [5.74, 6) is -1.60. The van der Waals surface area contributed by atoms with Crippen molar-refractivity contribution in [2.24, 2.45) is 0 Å². The van der Waals surface area contributed by atoms with Gasteiger partial charge in [-0.2, -0.15) is 0 Å². The number of piperidine rings is 1. The molecular weight excluding hydrogens is 338 g/mol. The van der Waals surface area contributed by atoms with Crippen LogP contribution in [0, 0.1) is 0 Å². The Morgan fingerprint density at radius 2 is 1.96 bits per heavy atom. The topological polar surface area (TPSA) is 90.0 Å². The molecule has 0 bridgehead atoms. The SMILES string of the molecule is O=C1CC[C@@]2(CC(=O)C3CC[C@@H](C(=O)OCc4ccccc4)N3C2=O)O1. The van der Waals surface area contributed by atoms with E-state index in [1.54, 1.807) is 0 Å². The molecule has 3 aliphatic heterocycles. The Kier molecular flexibility index (Phi) is 4.01. The average molecular weight is 357 g/mol. The van der Waals surface area contributed by atoms with Crippen LogP contribution in [0.2, 0.25) is 0 Å². The summed E-state index contributed by atoms with van der Waals surface area (Å²) in [7, 11) is 0. The molecule has 0 N–H and O–H groups in total. The van der Waals surface area contributed by atoms with Crippen LogP contribution in [0.1, 0.15) is 37.7 Å². The van der Waals surface area contributed by atoms with Gasteiger partial charge in [-0.25, -0.2) is 4.79 Å². The van der Waals surface area contributed by atoms with Crippen LogP contribution < -0.4 is 0 Å². The van der Waals surface area contributed by atoms with E-state index in [9.17, 15) is 19.2 Å². The van der Waals surface area contributed by atoms with Gasteiger partial charge in [0.15, 0.2) is 11.4 Å². The van der Waals surface area contributed by atoms with E-state index >= 15 is 0 Å². The number of carbonyl (C=O) groups is 4. The van der Waals surface area contributed by atoms with E-state index in [1.165, 1.54) is 4.90 Å². The number of carbonyl (C=O) groups excluding carboxylic acids is 4. The van der Waals surface area contributed by atoms with Crippen molar-refractivity contribution >= 4 is 23.6 Å². The predicted octanol–water partition coefficient (Wildman–Crippen LogP) is 1.14. The normalized spacial score (nSPS) is 30.5. The van der Waals surface area contributed by atoms with Gasteiger partial charge in [0.05, 0.1) is 12.5 Å². The van der Waals surface area contributed by atoms with Crippen LogP contribution in [-0.4, -0.2) is 46.2 Å². The maximum atomic E-state index is 13.0. The quantitative estimate of drug-likeness (QED) is 0.754. The first-order valence-electron chi connectivity index (χ1n) is 8.78. The van der Waals surface area contributed by atoms with E-state index in [4.69, 9.17) is 9.47 Å². The summed E-state index contributed by atoms with van der Waals surface area (Å²) in [5.41, 5.74) is -0.579. The highest BCUT2D eigenvalue weighted by Crippen LogP contribution is 2.41. The number of amides is 1. The molecule has 0 radical (unpaired) electrons. The first-order valence-corrected chi connectivity index (χ1v) is 8.78. The van der Waals surface area contributed by atoms with Gasteiger partial charge in [-0.05, 0) is 18.4 Å². The first-order chi connectivity index (χ1) is 12.5. The molecule has 3 heterocycles. The number of ketones is 1. The van der Waals surface area contributed by atoms with Gasteiger partial charge in [0.2, 0.25) is 0 Å². The van der Waals surface area contributed by atoms with Crippen molar-refractivity contribution in [1.82, 2.24) is 4.90 Å². The monoisotopic (exact) mass is 357 g/mol. The summed E-state index contributed by atoms with van der Waals surface area (Å²) in [4.78, 5) is 50.9. The van der Waals surface area contributed by atoms with E-state index in [0.29, 0.717) is 12.8 Å². The van der Waals surface area contributed by atoms with Crippen molar-refractivity contribution in [3.63, 3.8) is 0 Å². The summed E-state index contributed by atoms with van der Waals surface area (Å²) >= 11 is 0. The third kappa shape index (κ3) is 2.67. The van der Waals surface area contributed by atoms with Crippen LogP contribution in [0.4, 0.5) is 0 Å². The fourth-order valence-electron chi connectivity index (χ4n) is 4.08. The molecule has 1 aromatic carbocycles. The van der Waals surface area contributed by atoms with Crippen LogP contribution in [-0.2, 0) is 35.3 Å². The molecule has 0 saturated carbocycles. The average Bonchev–Trinajstić information content (AvgIpc) is 3.24. The van der Waals surface area contributed by atoms with Crippen LogP contribution in [0.25, 0.3) is 0 Å². The highest BCUT2D eigenvalue weighted by molar-refractivity contribution is 6.05. The molecule has 0 aliphatic carbocycles. The zero-order chi connectivity index (χ0) is 18.3. The molecule has 1 amide bonds. The lowest BCUT2D eigenvalue weighted by Crippen LogP contribution is -2.62. The molecule has 4 rings (SSSR count). The Morgan fingerprint density at radius 3 is 2.65 bits per heavy atom. The third-order valence-corrected chi connectivity index (χ3v) is 5.38. The standard InChI is InChI=1S/C19H19NO6/c21-15-10-19(9-8-16(22)26-19)18(24)20-13(15)6-7-14(20)17(23)25-11-12-4-2-1-3-5-12/h1-5,13-14H,6-11H2/t13?,14-,19-/m0/s1. The minimum atomic E-state index is -1.42. The summed E-state index contributed by atoms with van der Waals surface area (Å²) in [6.45, 7) is 0.108. The number of fused-ring (bicyclic) bond motifs is 1. The number of ether oxygens (including phenoxy) is 2. The predicted molar refractivity (Wildman–Crippen MR) is 87.6 cm³/mol. The van der Waals surface area contributed by atoms with Gasteiger partial charge in [-0.3, -0.25) is 14.4 Å². The largest absolute Gasteiger partial charge is 0.459 e. The van der Waals surface area contributed by atoms with Crippen LogP contribution >= 0.6 is 0 Å². The van der Waals surface area contributed by atoms with Crippen molar-refractivity contribution in [3.05, 3.63) is 35.9 Å². The van der Waals surface area contributed by atoms with Gasteiger partial charge in [0.1, 0.15) is 12.6 Å². The summed E-state index contributed by atoms with van der Waals surface area (Å²) in [6.07, 6.45) is 1.01. The van der Waals surface area contributed by atoms with Crippen molar-refractivity contribution in [3.8, 4) is 0 Å². The molecule has 1 spiro atoms. The number of Topliss-reactive ketones (excluding diaryl/α,β-unsaturated/α-hetero) is 1. The smallest absolute Gasteiger partial charge is 0.329 e. The van der Waals surface area contributed by atoms with E-state index in [-0.39, 0.29) is 31.7 Å². The Labute approximate surface area is 150 Å². The van der Waals surface area contributed by atoms with Crippen molar-refractivity contribution < 1.29 is 28.7 Å².